The van der Waals surface area contributed by atoms with Crippen molar-refractivity contribution < 1.29 is 39.5 Å². The maximum atomic E-state index is 11.5. The van der Waals surface area contributed by atoms with Crippen molar-refractivity contribution in [1.82, 2.24) is 25.4 Å². The Balaban J connectivity index is 1.21. The minimum Gasteiger partial charge on any atom is -0.488 e. The fraction of sp³-hybridized carbons (Fsp3) is 0.214. The van der Waals surface area contributed by atoms with Crippen LogP contribution in [-0.4, -0.2) is 72.4 Å². The van der Waals surface area contributed by atoms with E-state index in [1.807, 2.05) is 59.3 Å². The number of nitriles is 1. The molecule has 6 rings (SSSR count). The van der Waals surface area contributed by atoms with E-state index in [2.05, 4.69) is 36.6 Å². The number of rotatable bonds is 19. The van der Waals surface area contributed by atoms with Crippen LogP contribution in [0.1, 0.15) is 33.4 Å². The molecule has 2 heterocycles. The summed E-state index contributed by atoms with van der Waals surface area (Å²) >= 11 is 17.2. The highest BCUT2D eigenvalue weighted by Crippen LogP contribution is 2.38. The number of aliphatic hydroxyl groups excluding tert-OH is 2. The Morgan fingerprint density at radius 1 is 0.780 bits per heavy atom. The van der Waals surface area contributed by atoms with E-state index in [0.29, 0.717) is 39.8 Å². The highest BCUT2D eigenvalue weighted by molar-refractivity contribution is 9.10. The van der Waals surface area contributed by atoms with Gasteiger partial charge in [0.15, 0.2) is 0 Å². The maximum absolute atomic E-state index is 11.5. The maximum Gasteiger partial charge on any atom is 0.323 e. The van der Waals surface area contributed by atoms with E-state index in [1.54, 1.807) is 36.7 Å². The number of fused-ring (bicyclic) bond motifs is 1. The number of aliphatic hydroxyl groups is 2. The number of halogens is 3. The molecule has 0 bridgehead atoms. The van der Waals surface area contributed by atoms with Crippen LogP contribution >= 0.6 is 39.1 Å². The molecule has 0 spiro atoms. The number of carboxylic acid groups (broad SMARTS) is 2. The number of nitrogens with zero attached hydrogens (tertiary/aromatic N) is 4. The van der Waals surface area contributed by atoms with E-state index in [9.17, 15) is 35.3 Å². The Morgan fingerprint density at radius 3 is 2.20 bits per heavy atom. The first-order valence-electron chi connectivity index (χ1n) is 18.0. The van der Waals surface area contributed by atoms with Crippen molar-refractivity contribution in [3.63, 3.8) is 0 Å². The summed E-state index contributed by atoms with van der Waals surface area (Å²) in [6.45, 7) is -0.368. The third kappa shape index (κ3) is 10.5. The fourth-order valence-electron chi connectivity index (χ4n) is 6.19. The summed E-state index contributed by atoms with van der Waals surface area (Å²) in [5.74, 6) is -1.70. The van der Waals surface area contributed by atoms with Gasteiger partial charge in [0.1, 0.15) is 42.9 Å². The molecule has 2 atom stereocenters. The molecular weight excluding hydrogens is 867 g/mol. The van der Waals surface area contributed by atoms with Gasteiger partial charge in [-0.15, -0.1) is 0 Å². The lowest BCUT2D eigenvalue weighted by Gasteiger charge is -2.18. The molecule has 0 aliphatic heterocycles. The van der Waals surface area contributed by atoms with E-state index >= 15 is 0 Å². The molecule has 59 heavy (non-hydrogen) atoms. The third-order valence-corrected chi connectivity index (χ3v) is 10.9. The van der Waals surface area contributed by atoms with E-state index in [1.165, 1.54) is 6.20 Å². The van der Waals surface area contributed by atoms with Gasteiger partial charge in [-0.1, -0.05) is 65.7 Å². The predicted molar refractivity (Wildman–Crippen MR) is 223 cm³/mol. The van der Waals surface area contributed by atoms with Gasteiger partial charge in [0.25, 0.3) is 0 Å². The Morgan fingerprint density at radius 2 is 1.49 bits per heavy atom. The van der Waals surface area contributed by atoms with Gasteiger partial charge in [-0.05, 0) is 62.4 Å². The number of carboxylic acids is 2. The number of hydrogen-bond donors (Lipinski definition) is 6. The third-order valence-electron chi connectivity index (χ3n) is 9.36. The molecule has 6 aromatic rings. The summed E-state index contributed by atoms with van der Waals surface area (Å²) in [5, 5.41) is 58.6. The van der Waals surface area contributed by atoms with Gasteiger partial charge in [-0.25, -0.2) is 0 Å². The van der Waals surface area contributed by atoms with Gasteiger partial charge in [0, 0.05) is 63.1 Å². The first-order valence-corrected chi connectivity index (χ1v) is 19.6. The van der Waals surface area contributed by atoms with Gasteiger partial charge >= 0.3 is 11.9 Å². The van der Waals surface area contributed by atoms with Crippen LogP contribution in [0.15, 0.2) is 95.9 Å². The van der Waals surface area contributed by atoms with Crippen LogP contribution in [0.3, 0.4) is 0 Å². The zero-order valence-electron chi connectivity index (χ0n) is 31.1. The summed E-state index contributed by atoms with van der Waals surface area (Å²) in [4.78, 5) is 26.9. The zero-order chi connectivity index (χ0) is 42.1. The average Bonchev–Trinajstić information content (AvgIpc) is 3.64. The molecule has 0 unspecified atom stereocenters. The molecule has 304 valence electrons. The molecule has 0 radical (unpaired) electrons. The fourth-order valence-corrected chi connectivity index (χ4v) is 7.29. The smallest absolute Gasteiger partial charge is 0.323 e. The second-order valence-corrected chi connectivity index (χ2v) is 14.9. The van der Waals surface area contributed by atoms with E-state index < -0.39 is 37.2 Å². The van der Waals surface area contributed by atoms with E-state index in [-0.39, 0.29) is 31.3 Å². The van der Waals surface area contributed by atoms with E-state index in [0.717, 1.165) is 43.2 Å². The Bertz CT molecular complexity index is 2530. The van der Waals surface area contributed by atoms with Crippen LogP contribution in [0.25, 0.3) is 22.0 Å². The lowest BCUT2D eigenvalue weighted by Crippen LogP contribution is -2.39. The highest BCUT2D eigenvalue weighted by atomic mass is 79.9. The average molecular weight is 905 g/mol. The standard InChI is InChI=1S/C42H37BrCl2N6O8/c43-40-28(23-59-39-12-38(58-22-26-9-25(13-46)14-47-15-26)29(11-34(39)45)17-49-36(21-53)42(56)57)3-1-5-31(40)30-4-2-6-37-32(30)18-50-51(37)19-27-8-7-24(10-33(27)44)16-48-35(20-52)41(54)55/h1-12,14-15,18,35-36,48-49,52-53H,16-17,19-23H2,(H,54,55)(H,56,57)/t35-,36-/m0/s1. The first kappa shape index (κ1) is 43.0. The van der Waals surface area contributed by atoms with Gasteiger partial charge in [0.2, 0.25) is 0 Å². The van der Waals surface area contributed by atoms with Crippen molar-refractivity contribution in [3.8, 4) is 28.7 Å². The number of pyridine rings is 1. The minimum absolute atomic E-state index is 0.0127. The summed E-state index contributed by atoms with van der Waals surface area (Å²) in [5.41, 5.74) is 6.64. The van der Waals surface area contributed by atoms with Crippen LogP contribution in [-0.2, 0) is 42.4 Å². The summed E-state index contributed by atoms with van der Waals surface area (Å²) in [6.07, 6.45) is 4.82. The van der Waals surface area contributed by atoms with Gasteiger partial charge in [-0.2, -0.15) is 10.4 Å². The number of carbonyl (C=O) groups is 2. The number of nitrogens with one attached hydrogen (secondary N) is 2. The lowest BCUT2D eigenvalue weighted by atomic mass is 10.00. The molecule has 2 aromatic heterocycles. The molecule has 17 heteroatoms. The van der Waals surface area contributed by atoms with Crippen LogP contribution < -0.4 is 20.1 Å². The summed E-state index contributed by atoms with van der Waals surface area (Å²) < 4.78 is 15.0. The molecular formula is C42H37BrCl2N6O8. The molecule has 0 amide bonds. The van der Waals surface area contributed by atoms with Crippen molar-refractivity contribution in [2.24, 2.45) is 0 Å². The number of benzene rings is 4. The van der Waals surface area contributed by atoms with E-state index in [4.69, 9.17) is 32.7 Å². The molecule has 0 saturated carbocycles. The number of ether oxygens (including phenoxy) is 2. The number of aliphatic carboxylic acids is 2. The Labute approximate surface area is 356 Å². The van der Waals surface area contributed by atoms with Gasteiger partial charge < -0.3 is 29.9 Å². The number of hydrogen-bond acceptors (Lipinski definition) is 11. The largest absolute Gasteiger partial charge is 0.488 e. The van der Waals surface area contributed by atoms with Crippen LogP contribution in [0.4, 0.5) is 0 Å². The van der Waals surface area contributed by atoms with Crippen LogP contribution in [0.2, 0.25) is 10.0 Å². The molecule has 4 aromatic carbocycles. The number of aromatic nitrogens is 3. The molecule has 14 nitrogen and oxygen atoms in total. The van der Waals surface area contributed by atoms with Crippen molar-refractivity contribution in [1.29, 1.82) is 5.26 Å². The van der Waals surface area contributed by atoms with Crippen molar-refractivity contribution in [2.75, 3.05) is 13.2 Å². The van der Waals surface area contributed by atoms with Gasteiger partial charge in [0.05, 0.1) is 42.1 Å². The molecule has 6 N–H and O–H groups in total. The zero-order valence-corrected chi connectivity index (χ0v) is 34.2. The first-order chi connectivity index (χ1) is 28.5. The quantitative estimate of drug-likeness (QED) is 0.0527. The van der Waals surface area contributed by atoms with Gasteiger partial charge in [-0.3, -0.25) is 29.9 Å². The summed E-state index contributed by atoms with van der Waals surface area (Å²) in [6, 6.07) is 21.9. The lowest BCUT2D eigenvalue weighted by molar-refractivity contribution is -0.141. The summed E-state index contributed by atoms with van der Waals surface area (Å²) in [7, 11) is 0. The molecule has 0 aliphatic carbocycles. The second-order valence-electron chi connectivity index (χ2n) is 13.3. The topological polar surface area (TPSA) is 212 Å². The van der Waals surface area contributed by atoms with Crippen LogP contribution in [0, 0.1) is 11.3 Å². The van der Waals surface area contributed by atoms with Crippen molar-refractivity contribution >= 4 is 62.0 Å². The second kappa shape index (κ2) is 19.9. The predicted octanol–water partition coefficient (Wildman–Crippen LogP) is 6.32. The molecule has 0 saturated heterocycles. The molecule has 0 fully saturated rings. The van der Waals surface area contributed by atoms with Crippen LogP contribution in [0.5, 0.6) is 11.5 Å². The molecule has 0 aliphatic rings. The highest BCUT2D eigenvalue weighted by Gasteiger charge is 2.20. The van der Waals surface area contributed by atoms with Crippen molar-refractivity contribution in [2.45, 2.75) is 44.9 Å². The SMILES string of the molecule is N#Cc1cncc(COc2cc(OCc3cccc(-c4cccc5c4cnn5Cc4ccc(CN[C@@H](CO)C(=O)O)cc4Cl)c3Br)c(Cl)cc2CN[C@@H](CO)C(=O)O)c1. The Kier molecular flexibility index (Phi) is 14.5. The van der Waals surface area contributed by atoms with Crippen molar-refractivity contribution in [3.05, 3.63) is 139 Å². The monoisotopic (exact) mass is 902 g/mol. The Hall–Kier alpha value is -5.57. The minimum atomic E-state index is -1.21. The normalized spacial score (nSPS) is 12.2.